The minimum atomic E-state index is 0.836. The molecule has 1 nitrogen and oxygen atoms in total. The zero-order valence-corrected chi connectivity index (χ0v) is 9.73. The molecule has 0 amide bonds. The van der Waals surface area contributed by atoms with Crippen LogP contribution in [-0.2, 0) is 6.42 Å². The van der Waals surface area contributed by atoms with Crippen LogP contribution in [0.3, 0.4) is 0 Å². The van der Waals surface area contributed by atoms with Gasteiger partial charge in [-0.05, 0) is 43.4 Å². The number of halogens is 1. The van der Waals surface area contributed by atoms with Crippen molar-refractivity contribution < 1.29 is 0 Å². The van der Waals surface area contributed by atoms with Crippen molar-refractivity contribution in [3.8, 4) is 0 Å². The summed E-state index contributed by atoms with van der Waals surface area (Å²) in [5.74, 6) is 0. The maximum Gasteiger partial charge on any atom is 0.0504 e. The molecule has 1 heterocycles. The van der Waals surface area contributed by atoms with Gasteiger partial charge in [0.2, 0.25) is 0 Å². The predicted octanol–water partition coefficient (Wildman–Crippen LogP) is 4.33. The third kappa shape index (κ3) is 2.07. The molecule has 0 atom stereocenters. The molecule has 2 rings (SSSR count). The van der Waals surface area contributed by atoms with Crippen LogP contribution in [0.5, 0.6) is 0 Å². The van der Waals surface area contributed by atoms with E-state index >= 15 is 0 Å². The van der Waals surface area contributed by atoms with Crippen LogP contribution >= 0.6 is 11.6 Å². The number of benzene rings is 1. The summed E-state index contributed by atoms with van der Waals surface area (Å²) in [4.78, 5) is 3.24. The Morgan fingerprint density at radius 2 is 2.13 bits per heavy atom. The molecular weight excluding hydrogens is 206 g/mol. The van der Waals surface area contributed by atoms with Crippen LogP contribution in [0.4, 0.5) is 0 Å². The smallest absolute Gasteiger partial charge is 0.0504 e. The molecule has 0 fully saturated rings. The topological polar surface area (TPSA) is 15.8 Å². The molecule has 15 heavy (non-hydrogen) atoms. The average molecular weight is 220 g/mol. The van der Waals surface area contributed by atoms with Crippen molar-refractivity contribution in [1.82, 2.24) is 4.98 Å². The van der Waals surface area contributed by atoms with Gasteiger partial charge in [-0.2, -0.15) is 0 Å². The first kappa shape index (κ1) is 10.3. The van der Waals surface area contributed by atoms with Gasteiger partial charge in [-0.3, -0.25) is 0 Å². The Morgan fingerprint density at radius 3 is 2.87 bits per heavy atom. The van der Waals surface area contributed by atoms with Gasteiger partial charge in [0.25, 0.3) is 0 Å². The lowest BCUT2D eigenvalue weighted by molar-refractivity contribution is 1.22. The van der Waals surface area contributed by atoms with Crippen molar-refractivity contribution in [2.45, 2.75) is 20.3 Å². The van der Waals surface area contributed by atoms with Crippen LogP contribution in [0, 0.1) is 0 Å². The van der Waals surface area contributed by atoms with E-state index in [1.165, 1.54) is 16.5 Å². The molecule has 1 aromatic heterocycles. The second-order valence-electron chi connectivity index (χ2n) is 3.95. The van der Waals surface area contributed by atoms with Gasteiger partial charge in [-0.1, -0.05) is 29.3 Å². The monoisotopic (exact) mass is 219 g/mol. The van der Waals surface area contributed by atoms with Crippen LogP contribution in [0.15, 0.2) is 36.0 Å². The highest BCUT2D eigenvalue weighted by Gasteiger charge is 2.05. The van der Waals surface area contributed by atoms with Gasteiger partial charge in [0.15, 0.2) is 0 Å². The molecule has 0 bridgehead atoms. The summed E-state index contributed by atoms with van der Waals surface area (Å²) < 4.78 is 0. The molecule has 0 aliphatic heterocycles. The lowest BCUT2D eigenvalue weighted by atomic mass is 10.1. The molecule has 0 radical (unpaired) electrons. The SMILES string of the molecule is CC(C)=CCc1c(Cl)ccc2cc[nH]c12. The largest absolute Gasteiger partial charge is 0.361 e. The normalized spacial score (nSPS) is 10.6. The number of hydrogen-bond donors (Lipinski definition) is 1. The van der Waals surface area contributed by atoms with Crippen molar-refractivity contribution in [2.75, 3.05) is 0 Å². The van der Waals surface area contributed by atoms with Gasteiger partial charge in [0, 0.05) is 11.2 Å². The maximum absolute atomic E-state index is 6.19. The highest BCUT2D eigenvalue weighted by Crippen LogP contribution is 2.25. The van der Waals surface area contributed by atoms with E-state index in [2.05, 4.69) is 31.0 Å². The molecule has 0 unspecified atom stereocenters. The van der Waals surface area contributed by atoms with E-state index in [1.807, 2.05) is 18.3 Å². The van der Waals surface area contributed by atoms with E-state index in [9.17, 15) is 0 Å². The van der Waals surface area contributed by atoms with Crippen LogP contribution in [-0.4, -0.2) is 4.98 Å². The lowest BCUT2D eigenvalue weighted by Gasteiger charge is -2.03. The second-order valence-corrected chi connectivity index (χ2v) is 4.36. The summed E-state index contributed by atoms with van der Waals surface area (Å²) in [5.41, 5.74) is 3.65. The third-order valence-electron chi connectivity index (χ3n) is 2.49. The molecule has 78 valence electrons. The molecule has 0 spiro atoms. The Balaban J connectivity index is 2.51. The quantitative estimate of drug-likeness (QED) is 0.724. The molecule has 1 aromatic carbocycles. The Labute approximate surface area is 94.8 Å². The van der Waals surface area contributed by atoms with E-state index in [-0.39, 0.29) is 0 Å². The maximum atomic E-state index is 6.19. The van der Waals surface area contributed by atoms with Crippen LogP contribution in [0.25, 0.3) is 10.9 Å². The van der Waals surface area contributed by atoms with Gasteiger partial charge < -0.3 is 4.98 Å². The fourth-order valence-electron chi connectivity index (χ4n) is 1.67. The summed E-state index contributed by atoms with van der Waals surface area (Å²) >= 11 is 6.19. The van der Waals surface area contributed by atoms with E-state index < -0.39 is 0 Å². The molecule has 1 N–H and O–H groups in total. The van der Waals surface area contributed by atoms with E-state index in [0.717, 1.165) is 17.0 Å². The zero-order chi connectivity index (χ0) is 10.8. The fourth-order valence-corrected chi connectivity index (χ4v) is 1.91. The predicted molar refractivity (Wildman–Crippen MR) is 66.4 cm³/mol. The zero-order valence-electron chi connectivity index (χ0n) is 8.97. The summed E-state index contributed by atoms with van der Waals surface area (Å²) in [6.07, 6.45) is 5.04. The molecular formula is C13H14ClN. The average Bonchev–Trinajstić information content (AvgIpc) is 2.63. The molecule has 2 heteroatoms. The summed E-state index contributed by atoms with van der Waals surface area (Å²) in [5, 5.41) is 2.05. The molecule has 0 saturated carbocycles. The number of allylic oxidation sites excluding steroid dienone is 2. The Hall–Kier alpha value is -1.21. The van der Waals surface area contributed by atoms with Crippen LogP contribution in [0.2, 0.25) is 5.02 Å². The van der Waals surface area contributed by atoms with Crippen LogP contribution < -0.4 is 0 Å². The number of H-pyrrole nitrogens is 1. The summed E-state index contributed by atoms with van der Waals surface area (Å²) in [6, 6.07) is 6.07. The number of nitrogens with one attached hydrogen (secondary N) is 1. The highest BCUT2D eigenvalue weighted by molar-refractivity contribution is 6.32. The molecule has 0 aliphatic carbocycles. The Kier molecular flexibility index (Phi) is 2.83. The Morgan fingerprint density at radius 1 is 1.33 bits per heavy atom. The number of rotatable bonds is 2. The van der Waals surface area contributed by atoms with Crippen molar-refractivity contribution in [3.05, 3.63) is 46.6 Å². The van der Waals surface area contributed by atoms with Gasteiger partial charge in [-0.25, -0.2) is 0 Å². The summed E-state index contributed by atoms with van der Waals surface area (Å²) in [6.45, 7) is 4.20. The molecule has 0 saturated heterocycles. The van der Waals surface area contributed by atoms with Crippen molar-refractivity contribution in [3.63, 3.8) is 0 Å². The Bertz CT molecular complexity index is 504. The first-order valence-electron chi connectivity index (χ1n) is 5.06. The minimum Gasteiger partial charge on any atom is -0.361 e. The first-order valence-corrected chi connectivity index (χ1v) is 5.44. The van der Waals surface area contributed by atoms with Gasteiger partial charge in [0.1, 0.15) is 0 Å². The van der Waals surface area contributed by atoms with Crippen molar-refractivity contribution >= 4 is 22.5 Å². The summed E-state index contributed by atoms with van der Waals surface area (Å²) in [7, 11) is 0. The van der Waals surface area contributed by atoms with Gasteiger partial charge in [-0.15, -0.1) is 0 Å². The number of aromatic nitrogens is 1. The van der Waals surface area contributed by atoms with Crippen molar-refractivity contribution in [2.24, 2.45) is 0 Å². The third-order valence-corrected chi connectivity index (χ3v) is 2.85. The number of aromatic amines is 1. The standard InChI is InChI=1S/C13H14ClN/c1-9(2)3-5-11-12(14)6-4-10-7-8-15-13(10)11/h3-4,6-8,15H,5H2,1-2H3. The van der Waals surface area contributed by atoms with Crippen molar-refractivity contribution in [1.29, 1.82) is 0 Å². The second kappa shape index (κ2) is 4.11. The minimum absolute atomic E-state index is 0.836. The van der Waals surface area contributed by atoms with E-state index in [0.29, 0.717) is 0 Å². The number of fused-ring (bicyclic) bond motifs is 1. The molecule has 0 aliphatic rings. The lowest BCUT2D eigenvalue weighted by Crippen LogP contribution is -1.86. The highest BCUT2D eigenvalue weighted by atomic mass is 35.5. The van der Waals surface area contributed by atoms with Gasteiger partial charge in [0.05, 0.1) is 5.52 Å². The number of hydrogen-bond acceptors (Lipinski definition) is 0. The van der Waals surface area contributed by atoms with E-state index in [4.69, 9.17) is 11.6 Å². The first-order chi connectivity index (χ1) is 7.18. The van der Waals surface area contributed by atoms with Gasteiger partial charge >= 0.3 is 0 Å². The van der Waals surface area contributed by atoms with E-state index in [1.54, 1.807) is 0 Å². The fraction of sp³-hybridized carbons (Fsp3) is 0.231. The molecule has 2 aromatic rings. The van der Waals surface area contributed by atoms with Crippen LogP contribution in [0.1, 0.15) is 19.4 Å².